The molecule has 0 fully saturated rings. The molecule has 0 atom stereocenters. The van der Waals surface area contributed by atoms with Gasteiger partial charge in [-0.25, -0.2) is 0 Å². The number of benzene rings is 3. The molecule has 0 bridgehead atoms. The SMILES string of the molecule is Cl.Cl.Nc1ccc(NCc2ccc3[nH]c(-c4ccc(Cl)c5c4C(=O)NC5)cc3c2)cc1. The summed E-state index contributed by atoms with van der Waals surface area (Å²) in [5.41, 5.74) is 13.0. The Hall–Kier alpha value is -2.86. The second kappa shape index (κ2) is 9.10. The average Bonchev–Trinajstić information content (AvgIpc) is 3.32. The van der Waals surface area contributed by atoms with Gasteiger partial charge in [-0.05, 0) is 54.1 Å². The predicted molar refractivity (Wildman–Crippen MR) is 133 cm³/mol. The highest BCUT2D eigenvalue weighted by Crippen LogP contribution is 2.34. The number of fused-ring (bicyclic) bond motifs is 2. The van der Waals surface area contributed by atoms with Gasteiger partial charge in [-0.2, -0.15) is 0 Å². The molecule has 8 heteroatoms. The van der Waals surface area contributed by atoms with Crippen molar-refractivity contribution in [1.29, 1.82) is 0 Å². The Kier molecular flexibility index (Phi) is 6.70. The van der Waals surface area contributed by atoms with Crippen molar-refractivity contribution in [3.63, 3.8) is 0 Å². The predicted octanol–water partition coefficient (Wildman–Crippen LogP) is 5.77. The summed E-state index contributed by atoms with van der Waals surface area (Å²) in [6.45, 7) is 1.18. The van der Waals surface area contributed by atoms with Crippen LogP contribution in [0.2, 0.25) is 5.02 Å². The van der Waals surface area contributed by atoms with Crippen molar-refractivity contribution in [1.82, 2.24) is 10.3 Å². The average molecular weight is 476 g/mol. The van der Waals surface area contributed by atoms with E-state index in [1.54, 1.807) is 0 Å². The normalized spacial score (nSPS) is 12.0. The van der Waals surface area contributed by atoms with Crippen LogP contribution >= 0.6 is 36.4 Å². The number of hydrogen-bond acceptors (Lipinski definition) is 3. The van der Waals surface area contributed by atoms with Gasteiger partial charge in [0.1, 0.15) is 0 Å². The number of rotatable bonds is 4. The summed E-state index contributed by atoms with van der Waals surface area (Å²) in [5, 5.41) is 7.98. The summed E-state index contributed by atoms with van der Waals surface area (Å²) in [5.74, 6) is -0.0791. The standard InChI is InChI=1S/C23H19ClN4O.2ClH/c24-19-7-6-17(22-18(19)12-27-23(22)29)21-10-14-9-13(1-8-20(14)28-21)11-26-16-4-2-15(25)3-5-16;;/h1-10,26,28H,11-12,25H2,(H,27,29);2*1H. The minimum absolute atomic E-state index is 0. The molecule has 5 N–H and O–H groups in total. The molecule has 5 nitrogen and oxygen atoms in total. The Bertz CT molecular complexity index is 1250. The van der Waals surface area contributed by atoms with Crippen LogP contribution in [0.15, 0.2) is 60.7 Å². The van der Waals surface area contributed by atoms with Crippen molar-refractivity contribution in [2.45, 2.75) is 13.1 Å². The number of nitrogens with two attached hydrogens (primary N) is 1. The van der Waals surface area contributed by atoms with Gasteiger partial charge in [-0.15, -0.1) is 24.8 Å². The van der Waals surface area contributed by atoms with Crippen LogP contribution in [0.1, 0.15) is 21.5 Å². The van der Waals surface area contributed by atoms with Gasteiger partial charge in [0.2, 0.25) is 0 Å². The van der Waals surface area contributed by atoms with Crippen LogP contribution in [0.3, 0.4) is 0 Å². The van der Waals surface area contributed by atoms with Gasteiger partial charge >= 0.3 is 0 Å². The summed E-state index contributed by atoms with van der Waals surface area (Å²) in [7, 11) is 0. The molecule has 3 aromatic carbocycles. The molecule has 0 radical (unpaired) electrons. The third kappa shape index (κ3) is 4.30. The first-order chi connectivity index (χ1) is 14.1. The summed E-state index contributed by atoms with van der Waals surface area (Å²) >= 11 is 6.27. The third-order valence-electron chi connectivity index (χ3n) is 5.29. The largest absolute Gasteiger partial charge is 0.399 e. The zero-order valence-corrected chi connectivity index (χ0v) is 18.8. The van der Waals surface area contributed by atoms with Crippen LogP contribution in [-0.4, -0.2) is 10.9 Å². The summed E-state index contributed by atoms with van der Waals surface area (Å²) in [6.07, 6.45) is 0. The molecular weight excluding hydrogens is 455 g/mol. The van der Waals surface area contributed by atoms with Crippen molar-refractivity contribution in [2.24, 2.45) is 0 Å². The van der Waals surface area contributed by atoms with E-state index >= 15 is 0 Å². The highest BCUT2D eigenvalue weighted by molar-refractivity contribution is 6.32. The van der Waals surface area contributed by atoms with E-state index in [1.165, 1.54) is 5.56 Å². The Morgan fingerprint density at radius 3 is 2.55 bits per heavy atom. The van der Waals surface area contributed by atoms with Crippen molar-refractivity contribution in [2.75, 3.05) is 11.1 Å². The first-order valence-electron chi connectivity index (χ1n) is 9.39. The highest BCUT2D eigenvalue weighted by atomic mass is 35.5. The number of nitrogens with one attached hydrogen (secondary N) is 3. The smallest absolute Gasteiger partial charge is 0.252 e. The molecule has 0 saturated heterocycles. The maximum atomic E-state index is 12.3. The zero-order chi connectivity index (χ0) is 20.0. The lowest BCUT2D eigenvalue weighted by Crippen LogP contribution is -2.13. The summed E-state index contributed by atoms with van der Waals surface area (Å²) < 4.78 is 0. The van der Waals surface area contributed by atoms with E-state index in [0.29, 0.717) is 23.7 Å². The van der Waals surface area contributed by atoms with E-state index in [4.69, 9.17) is 17.3 Å². The fraction of sp³-hybridized carbons (Fsp3) is 0.0870. The van der Waals surface area contributed by atoms with E-state index in [0.717, 1.165) is 39.1 Å². The molecule has 2 heterocycles. The van der Waals surface area contributed by atoms with Gasteiger partial charge in [0.15, 0.2) is 0 Å². The first-order valence-corrected chi connectivity index (χ1v) is 9.77. The molecule has 0 saturated carbocycles. The molecule has 1 aliphatic heterocycles. The number of amides is 1. The van der Waals surface area contributed by atoms with Crippen molar-refractivity contribution in [3.05, 3.63) is 82.4 Å². The van der Waals surface area contributed by atoms with Crippen LogP contribution in [0.5, 0.6) is 0 Å². The number of aromatic amines is 1. The van der Waals surface area contributed by atoms with E-state index in [2.05, 4.69) is 39.9 Å². The second-order valence-electron chi connectivity index (χ2n) is 7.21. The first kappa shape index (κ1) is 22.8. The Balaban J connectivity index is 0.00000136. The number of aromatic nitrogens is 1. The number of carbonyl (C=O) groups excluding carboxylic acids is 1. The number of H-pyrrole nitrogens is 1. The number of carbonyl (C=O) groups is 1. The maximum absolute atomic E-state index is 12.3. The quantitative estimate of drug-likeness (QED) is 0.283. The molecule has 31 heavy (non-hydrogen) atoms. The van der Waals surface area contributed by atoms with Gasteiger partial charge in [-0.3, -0.25) is 4.79 Å². The Morgan fingerprint density at radius 2 is 1.77 bits per heavy atom. The van der Waals surface area contributed by atoms with E-state index in [1.807, 2.05) is 36.4 Å². The van der Waals surface area contributed by atoms with Gasteiger partial charge in [-0.1, -0.05) is 23.7 Å². The van der Waals surface area contributed by atoms with E-state index in [-0.39, 0.29) is 30.7 Å². The second-order valence-corrected chi connectivity index (χ2v) is 7.62. The van der Waals surface area contributed by atoms with Crippen molar-refractivity contribution < 1.29 is 4.79 Å². The van der Waals surface area contributed by atoms with Crippen LogP contribution < -0.4 is 16.4 Å². The fourth-order valence-corrected chi connectivity index (χ4v) is 4.00. The van der Waals surface area contributed by atoms with E-state index in [9.17, 15) is 4.79 Å². The lowest BCUT2D eigenvalue weighted by atomic mass is 10.0. The molecule has 0 unspecified atom stereocenters. The van der Waals surface area contributed by atoms with Crippen LogP contribution in [-0.2, 0) is 13.1 Å². The lowest BCUT2D eigenvalue weighted by molar-refractivity contribution is 0.0966. The number of nitrogen functional groups attached to an aromatic ring is 1. The van der Waals surface area contributed by atoms with Gasteiger partial charge < -0.3 is 21.4 Å². The Labute approximate surface area is 197 Å². The molecular formula is C23H21Cl3N4O. The summed E-state index contributed by atoms with van der Waals surface area (Å²) in [6, 6.07) is 19.8. The maximum Gasteiger partial charge on any atom is 0.252 e. The molecule has 0 aliphatic carbocycles. The number of anilines is 2. The molecule has 1 aliphatic rings. The number of hydrogen-bond donors (Lipinski definition) is 4. The highest BCUT2D eigenvalue weighted by Gasteiger charge is 2.26. The lowest BCUT2D eigenvalue weighted by Gasteiger charge is -2.07. The van der Waals surface area contributed by atoms with Crippen molar-refractivity contribution >= 4 is 64.6 Å². The van der Waals surface area contributed by atoms with Crippen LogP contribution in [0.25, 0.3) is 22.2 Å². The molecule has 160 valence electrons. The van der Waals surface area contributed by atoms with Crippen LogP contribution in [0.4, 0.5) is 11.4 Å². The zero-order valence-electron chi connectivity index (χ0n) is 16.4. The van der Waals surface area contributed by atoms with E-state index < -0.39 is 0 Å². The summed E-state index contributed by atoms with van der Waals surface area (Å²) in [4.78, 5) is 15.8. The minimum Gasteiger partial charge on any atom is -0.399 e. The number of halogens is 3. The fourth-order valence-electron chi connectivity index (χ4n) is 3.78. The Morgan fingerprint density at radius 1 is 1.00 bits per heavy atom. The van der Waals surface area contributed by atoms with Gasteiger partial charge in [0.05, 0.1) is 5.56 Å². The van der Waals surface area contributed by atoms with Gasteiger partial charge in [0, 0.05) is 57.2 Å². The monoisotopic (exact) mass is 474 g/mol. The molecule has 1 aromatic heterocycles. The van der Waals surface area contributed by atoms with Crippen LogP contribution in [0, 0.1) is 0 Å². The van der Waals surface area contributed by atoms with Crippen molar-refractivity contribution in [3.8, 4) is 11.3 Å². The topological polar surface area (TPSA) is 82.9 Å². The third-order valence-corrected chi connectivity index (χ3v) is 5.65. The molecule has 4 aromatic rings. The minimum atomic E-state index is -0.0791. The molecule has 0 spiro atoms. The molecule has 5 rings (SSSR count). The van der Waals surface area contributed by atoms with Gasteiger partial charge in [0.25, 0.3) is 5.91 Å². The molecule has 1 amide bonds.